The van der Waals surface area contributed by atoms with Gasteiger partial charge in [0.15, 0.2) is 0 Å². The number of benzene rings is 1. The Balaban J connectivity index is 1.85. The number of aliphatic imine (C=N–C) groups is 2. The van der Waals surface area contributed by atoms with Crippen LogP contribution in [0, 0.1) is 6.92 Å². The number of pyridine rings is 1. The fourth-order valence-corrected chi connectivity index (χ4v) is 3.97. The molecule has 1 heterocycles. The molecule has 0 aliphatic heterocycles. The molecule has 0 bridgehead atoms. The minimum absolute atomic E-state index is 0.525. The second-order valence-corrected chi connectivity index (χ2v) is 8.44. The molecule has 5 nitrogen and oxygen atoms in total. The van der Waals surface area contributed by atoms with Crippen molar-refractivity contribution in [2.24, 2.45) is 9.98 Å². The molecule has 2 rings (SSSR count). The predicted octanol–water partition coefficient (Wildman–Crippen LogP) is 6.30. The minimum atomic E-state index is 0.525. The van der Waals surface area contributed by atoms with E-state index in [2.05, 4.69) is 71.8 Å². The largest absolute Gasteiger partial charge is 0.487 e. The van der Waals surface area contributed by atoms with Crippen molar-refractivity contribution in [2.45, 2.75) is 27.4 Å². The Morgan fingerprint density at radius 2 is 1.93 bits per heavy atom. The van der Waals surface area contributed by atoms with Crippen LogP contribution in [0.2, 0.25) is 0 Å². The quantitative estimate of drug-likeness (QED) is 0.182. The van der Waals surface area contributed by atoms with E-state index in [-0.39, 0.29) is 0 Å². The number of ether oxygens (including phenoxy) is 1. The lowest BCUT2D eigenvalue weighted by Crippen LogP contribution is -2.00. The van der Waals surface area contributed by atoms with Crippen LogP contribution in [0.5, 0.6) is 5.75 Å². The summed E-state index contributed by atoms with van der Waals surface area (Å²) in [6.07, 6.45) is 1.73. The highest BCUT2D eigenvalue weighted by Gasteiger charge is 2.07. The number of anilines is 1. The van der Waals surface area contributed by atoms with E-state index in [1.807, 2.05) is 24.5 Å². The van der Waals surface area contributed by atoms with Gasteiger partial charge in [-0.15, -0.1) is 23.5 Å². The molecule has 7 heteroatoms. The zero-order valence-electron chi connectivity index (χ0n) is 17.7. The highest BCUT2D eigenvalue weighted by atomic mass is 32.2. The normalized spacial score (nSPS) is 12.2. The van der Waals surface area contributed by atoms with Crippen LogP contribution < -0.4 is 10.1 Å². The first kappa shape index (κ1) is 23.8. The van der Waals surface area contributed by atoms with Gasteiger partial charge in [0, 0.05) is 0 Å². The molecule has 2 aromatic rings. The minimum Gasteiger partial charge on any atom is -0.487 e. The number of hydrogen-bond acceptors (Lipinski definition) is 7. The van der Waals surface area contributed by atoms with E-state index in [4.69, 9.17) is 4.74 Å². The molecule has 0 atom stereocenters. The molecule has 158 valence electrons. The van der Waals surface area contributed by atoms with E-state index in [1.54, 1.807) is 29.7 Å². The van der Waals surface area contributed by atoms with E-state index < -0.39 is 0 Å². The van der Waals surface area contributed by atoms with Gasteiger partial charge in [0.1, 0.15) is 18.2 Å². The number of allylic oxidation sites excluding steroid dienone is 1. The standard InChI is InChI=1S/C23H28N4OS2/c1-6-30-23(18(3)24-4)21(25-5)15-29-16-27-22-12-11-20(13-26-22)28-14-19-9-7-17(2)8-10-19/h7-13,15H,4-6,14,16H2,1-3H3,(H,26,27)/b21-15-,23-18-. The number of rotatable bonds is 12. The van der Waals surface area contributed by atoms with Gasteiger partial charge in [-0.3, -0.25) is 9.98 Å². The van der Waals surface area contributed by atoms with Gasteiger partial charge in [-0.25, -0.2) is 4.98 Å². The molecule has 0 saturated carbocycles. The lowest BCUT2D eigenvalue weighted by Gasteiger charge is -2.09. The van der Waals surface area contributed by atoms with Crippen LogP contribution in [0.3, 0.4) is 0 Å². The number of thioether (sulfide) groups is 2. The average molecular weight is 441 g/mol. The van der Waals surface area contributed by atoms with Gasteiger partial charge >= 0.3 is 0 Å². The lowest BCUT2D eigenvalue weighted by molar-refractivity contribution is 0.305. The molecule has 0 radical (unpaired) electrons. The molecular weight excluding hydrogens is 412 g/mol. The van der Waals surface area contributed by atoms with Crippen molar-refractivity contribution in [1.82, 2.24) is 4.98 Å². The van der Waals surface area contributed by atoms with Crippen molar-refractivity contribution in [3.8, 4) is 5.75 Å². The number of hydrogen-bond donors (Lipinski definition) is 1. The maximum Gasteiger partial charge on any atom is 0.138 e. The maximum atomic E-state index is 5.80. The first-order chi connectivity index (χ1) is 14.6. The Labute approximate surface area is 187 Å². The molecule has 0 saturated heterocycles. The Morgan fingerprint density at radius 1 is 1.17 bits per heavy atom. The Morgan fingerprint density at radius 3 is 2.53 bits per heavy atom. The number of aryl methyl sites for hydroxylation is 1. The first-order valence-electron chi connectivity index (χ1n) is 9.55. The van der Waals surface area contributed by atoms with Crippen LogP contribution in [0.4, 0.5) is 5.82 Å². The third-order valence-corrected chi connectivity index (χ3v) is 5.83. The van der Waals surface area contributed by atoms with E-state index in [0.29, 0.717) is 12.5 Å². The zero-order chi connectivity index (χ0) is 21.8. The fourth-order valence-electron chi connectivity index (χ4n) is 2.40. The molecule has 1 aromatic heterocycles. The predicted molar refractivity (Wildman–Crippen MR) is 134 cm³/mol. The topological polar surface area (TPSA) is 58.9 Å². The van der Waals surface area contributed by atoms with Gasteiger partial charge in [0.05, 0.1) is 28.4 Å². The SMILES string of the molecule is C=NC(=C\SCNc1ccc(OCc2ccc(C)cc2)cn1)/C(SCC)=C(\C)N=C. The summed E-state index contributed by atoms with van der Waals surface area (Å²) in [5, 5.41) is 5.25. The van der Waals surface area contributed by atoms with Gasteiger partial charge in [-0.2, -0.15) is 0 Å². The Hall–Kier alpha value is -2.51. The summed E-state index contributed by atoms with van der Waals surface area (Å²) in [7, 11) is 0. The summed E-state index contributed by atoms with van der Waals surface area (Å²) in [5.74, 6) is 3.11. The van der Waals surface area contributed by atoms with Crippen molar-refractivity contribution in [3.63, 3.8) is 0 Å². The fraction of sp³-hybridized carbons (Fsp3) is 0.261. The molecule has 0 spiro atoms. The molecule has 0 unspecified atom stereocenters. The van der Waals surface area contributed by atoms with Gasteiger partial charge < -0.3 is 10.1 Å². The van der Waals surface area contributed by atoms with Crippen LogP contribution >= 0.6 is 23.5 Å². The molecule has 30 heavy (non-hydrogen) atoms. The summed E-state index contributed by atoms with van der Waals surface area (Å²) in [6.45, 7) is 13.9. The van der Waals surface area contributed by atoms with Crippen molar-refractivity contribution >= 4 is 42.8 Å². The highest BCUT2D eigenvalue weighted by Crippen LogP contribution is 2.30. The molecule has 0 aliphatic carbocycles. The average Bonchev–Trinajstić information content (AvgIpc) is 2.78. The van der Waals surface area contributed by atoms with Crippen LogP contribution in [0.15, 0.2) is 74.3 Å². The van der Waals surface area contributed by atoms with Gasteiger partial charge in [-0.1, -0.05) is 36.8 Å². The highest BCUT2D eigenvalue weighted by molar-refractivity contribution is 8.03. The number of nitrogens with zero attached hydrogens (tertiary/aromatic N) is 3. The molecule has 0 amide bonds. The monoisotopic (exact) mass is 440 g/mol. The van der Waals surface area contributed by atoms with E-state index >= 15 is 0 Å². The van der Waals surface area contributed by atoms with Crippen molar-refractivity contribution < 1.29 is 4.74 Å². The van der Waals surface area contributed by atoms with Crippen molar-refractivity contribution in [1.29, 1.82) is 0 Å². The van der Waals surface area contributed by atoms with Crippen molar-refractivity contribution in [3.05, 3.63) is 75.4 Å². The molecule has 0 aliphatic rings. The van der Waals surface area contributed by atoms with E-state index in [1.165, 1.54) is 5.56 Å². The summed E-state index contributed by atoms with van der Waals surface area (Å²) < 4.78 is 5.80. The van der Waals surface area contributed by atoms with Gasteiger partial charge in [-0.05, 0) is 56.1 Å². The Kier molecular flexibility index (Phi) is 10.2. The van der Waals surface area contributed by atoms with E-state index in [9.17, 15) is 0 Å². The smallest absolute Gasteiger partial charge is 0.138 e. The molecule has 1 N–H and O–H groups in total. The third-order valence-electron chi connectivity index (χ3n) is 4.05. The second-order valence-electron chi connectivity index (χ2n) is 6.31. The molecule has 1 aromatic carbocycles. The summed E-state index contributed by atoms with van der Waals surface area (Å²) in [5.41, 5.74) is 4.04. The number of aromatic nitrogens is 1. The summed E-state index contributed by atoms with van der Waals surface area (Å²) in [6, 6.07) is 12.1. The van der Waals surface area contributed by atoms with Crippen LogP contribution in [-0.4, -0.2) is 30.0 Å². The van der Waals surface area contributed by atoms with Crippen LogP contribution in [0.25, 0.3) is 0 Å². The zero-order valence-corrected chi connectivity index (χ0v) is 19.4. The molecular formula is C23H28N4OS2. The van der Waals surface area contributed by atoms with Crippen molar-refractivity contribution in [2.75, 3.05) is 16.9 Å². The first-order valence-corrected chi connectivity index (χ1v) is 11.6. The molecule has 0 fully saturated rings. The summed E-state index contributed by atoms with van der Waals surface area (Å²) >= 11 is 3.27. The van der Waals surface area contributed by atoms with Gasteiger partial charge in [0.2, 0.25) is 0 Å². The second kappa shape index (κ2) is 12.9. The summed E-state index contributed by atoms with van der Waals surface area (Å²) in [4.78, 5) is 13.6. The third kappa shape index (κ3) is 7.72. The van der Waals surface area contributed by atoms with Crippen LogP contribution in [-0.2, 0) is 6.61 Å². The maximum absolute atomic E-state index is 5.80. The van der Waals surface area contributed by atoms with Crippen LogP contribution in [0.1, 0.15) is 25.0 Å². The Bertz CT molecular complexity index is 890. The number of nitrogens with one attached hydrogen (secondary N) is 1. The van der Waals surface area contributed by atoms with E-state index in [0.717, 1.165) is 39.2 Å². The lowest BCUT2D eigenvalue weighted by atomic mass is 10.2. The van der Waals surface area contributed by atoms with Gasteiger partial charge in [0.25, 0.3) is 0 Å².